The molecule has 0 radical (unpaired) electrons. The summed E-state index contributed by atoms with van der Waals surface area (Å²) in [7, 11) is 1.30. The summed E-state index contributed by atoms with van der Waals surface area (Å²) in [5.74, 6) is -2.22. The first kappa shape index (κ1) is 14.4. The Kier molecular flexibility index (Phi) is 3.95. The van der Waals surface area contributed by atoms with Crippen molar-refractivity contribution in [2.45, 2.75) is 32.5 Å². The molecular weight excluding hydrogens is 240 g/mol. The zero-order valence-corrected chi connectivity index (χ0v) is 10.9. The molecule has 102 valence electrons. The Labute approximate surface area is 105 Å². The van der Waals surface area contributed by atoms with Crippen LogP contribution in [0, 0.1) is 5.92 Å². The summed E-state index contributed by atoms with van der Waals surface area (Å²) < 4.78 is 5.02. The maximum atomic E-state index is 12.0. The summed E-state index contributed by atoms with van der Waals surface area (Å²) in [5, 5.41) is 11.5. The Morgan fingerprint density at radius 2 is 2.06 bits per heavy atom. The third-order valence-corrected chi connectivity index (χ3v) is 2.95. The highest BCUT2D eigenvalue weighted by atomic mass is 16.5. The lowest BCUT2D eigenvalue weighted by molar-refractivity contribution is -0.199. The third-order valence-electron chi connectivity index (χ3n) is 2.95. The van der Waals surface area contributed by atoms with Crippen LogP contribution in [0.1, 0.15) is 20.8 Å². The summed E-state index contributed by atoms with van der Waals surface area (Å²) in [6.45, 7) is 4.75. The number of nitrogens with zero attached hydrogens (tertiary/aromatic N) is 1. The zero-order chi connectivity index (χ0) is 14.1. The summed E-state index contributed by atoms with van der Waals surface area (Å²) in [5.41, 5.74) is -1.41. The van der Waals surface area contributed by atoms with Gasteiger partial charge in [-0.15, -0.1) is 0 Å². The van der Waals surface area contributed by atoms with Crippen molar-refractivity contribution in [2.24, 2.45) is 5.92 Å². The van der Waals surface area contributed by atoms with Gasteiger partial charge in [-0.05, 0) is 5.92 Å². The molecule has 1 fully saturated rings. The molecule has 1 heterocycles. The highest BCUT2D eigenvalue weighted by Gasteiger charge is 2.57. The Balaban J connectivity index is 2.85. The van der Waals surface area contributed by atoms with Gasteiger partial charge in [-0.3, -0.25) is 9.59 Å². The quantitative estimate of drug-likeness (QED) is 0.508. The fourth-order valence-electron chi connectivity index (χ4n) is 2.10. The number of carboxylic acid groups (broad SMARTS) is 1. The highest BCUT2D eigenvalue weighted by Crippen LogP contribution is 2.28. The standard InChI is InChI=1S/C11H18N2O5/c1-6(2)8(9(15)16)13-5-11(18-4,10(13)17)12-7(3)14/h6,8H,5H2,1-4H3,(H,12,14)(H,15,16)/t8?,11-/m1/s1. The highest BCUT2D eigenvalue weighted by molar-refractivity contribution is 5.97. The number of hydrogen-bond acceptors (Lipinski definition) is 4. The van der Waals surface area contributed by atoms with Gasteiger partial charge in [-0.25, -0.2) is 4.79 Å². The lowest BCUT2D eigenvalue weighted by Crippen LogP contribution is -2.77. The van der Waals surface area contributed by atoms with Crippen LogP contribution in [0.25, 0.3) is 0 Å². The topological polar surface area (TPSA) is 95.9 Å². The summed E-state index contributed by atoms with van der Waals surface area (Å²) in [4.78, 5) is 35.4. The zero-order valence-electron chi connectivity index (χ0n) is 10.9. The number of methoxy groups -OCH3 is 1. The molecule has 0 aliphatic carbocycles. The smallest absolute Gasteiger partial charge is 0.326 e. The first-order chi connectivity index (χ1) is 8.25. The molecular formula is C11H18N2O5. The average Bonchev–Trinajstić information content (AvgIpc) is 2.24. The van der Waals surface area contributed by atoms with E-state index in [0.29, 0.717) is 0 Å². The second-order valence-corrected chi connectivity index (χ2v) is 4.67. The minimum atomic E-state index is -1.41. The van der Waals surface area contributed by atoms with Crippen LogP contribution in [0.2, 0.25) is 0 Å². The van der Waals surface area contributed by atoms with Gasteiger partial charge in [-0.2, -0.15) is 0 Å². The predicted molar refractivity (Wildman–Crippen MR) is 61.5 cm³/mol. The van der Waals surface area contributed by atoms with Crippen LogP contribution in [0.4, 0.5) is 0 Å². The molecule has 0 bridgehead atoms. The second kappa shape index (κ2) is 4.93. The van der Waals surface area contributed by atoms with E-state index in [1.165, 1.54) is 18.9 Å². The van der Waals surface area contributed by atoms with Crippen molar-refractivity contribution in [2.75, 3.05) is 13.7 Å². The van der Waals surface area contributed by atoms with Crippen molar-refractivity contribution in [3.63, 3.8) is 0 Å². The minimum Gasteiger partial charge on any atom is -0.480 e. The van der Waals surface area contributed by atoms with Crippen molar-refractivity contribution < 1.29 is 24.2 Å². The number of aliphatic carboxylic acids is 1. The molecule has 0 saturated carbocycles. The molecule has 2 atom stereocenters. The van der Waals surface area contributed by atoms with Crippen molar-refractivity contribution in [3.8, 4) is 0 Å². The fourth-order valence-corrected chi connectivity index (χ4v) is 2.10. The molecule has 1 aliphatic rings. The summed E-state index contributed by atoms with van der Waals surface area (Å²) in [6, 6.07) is -0.908. The second-order valence-electron chi connectivity index (χ2n) is 4.67. The van der Waals surface area contributed by atoms with E-state index in [1.54, 1.807) is 13.8 Å². The molecule has 1 unspecified atom stereocenters. The largest absolute Gasteiger partial charge is 0.480 e. The van der Waals surface area contributed by atoms with Crippen molar-refractivity contribution in [1.82, 2.24) is 10.2 Å². The number of amides is 2. The van der Waals surface area contributed by atoms with Crippen LogP contribution < -0.4 is 5.32 Å². The van der Waals surface area contributed by atoms with Crippen LogP contribution in [-0.2, 0) is 19.1 Å². The Morgan fingerprint density at radius 1 is 1.50 bits per heavy atom. The molecule has 1 aliphatic heterocycles. The first-order valence-corrected chi connectivity index (χ1v) is 5.63. The normalized spacial score (nSPS) is 24.7. The molecule has 0 aromatic heterocycles. The Morgan fingerprint density at radius 3 is 2.33 bits per heavy atom. The maximum Gasteiger partial charge on any atom is 0.326 e. The summed E-state index contributed by atoms with van der Waals surface area (Å²) >= 11 is 0. The fraction of sp³-hybridized carbons (Fsp3) is 0.727. The molecule has 2 N–H and O–H groups in total. The number of carbonyl (C=O) groups is 3. The van der Waals surface area contributed by atoms with Crippen LogP contribution in [0.15, 0.2) is 0 Å². The number of carboxylic acids is 1. The van der Waals surface area contributed by atoms with Crippen molar-refractivity contribution in [1.29, 1.82) is 0 Å². The van der Waals surface area contributed by atoms with E-state index in [9.17, 15) is 14.4 Å². The van der Waals surface area contributed by atoms with Crippen molar-refractivity contribution in [3.05, 3.63) is 0 Å². The third kappa shape index (κ3) is 2.31. The number of nitrogens with one attached hydrogen (secondary N) is 1. The van der Waals surface area contributed by atoms with Crippen LogP contribution in [0.3, 0.4) is 0 Å². The molecule has 0 aromatic carbocycles. The van der Waals surface area contributed by atoms with Gasteiger partial charge < -0.3 is 20.1 Å². The SMILES string of the molecule is CO[C@]1(NC(C)=O)CN(C(C(=O)O)C(C)C)C1=O. The number of likely N-dealkylation sites (tertiary alicyclic amines) is 1. The molecule has 18 heavy (non-hydrogen) atoms. The lowest BCUT2D eigenvalue weighted by atomic mass is 9.93. The monoisotopic (exact) mass is 258 g/mol. The predicted octanol–water partition coefficient (Wildman–Crippen LogP) is -0.583. The van der Waals surface area contributed by atoms with Crippen LogP contribution in [0.5, 0.6) is 0 Å². The van der Waals surface area contributed by atoms with E-state index in [-0.39, 0.29) is 12.5 Å². The number of hydrogen-bond donors (Lipinski definition) is 2. The van der Waals surface area contributed by atoms with Gasteiger partial charge in [0.1, 0.15) is 6.04 Å². The van der Waals surface area contributed by atoms with Crippen LogP contribution in [-0.4, -0.2) is 53.2 Å². The van der Waals surface area contributed by atoms with Gasteiger partial charge >= 0.3 is 5.97 Å². The van der Waals surface area contributed by atoms with Gasteiger partial charge in [-0.1, -0.05) is 13.8 Å². The average molecular weight is 258 g/mol. The Bertz CT molecular complexity index is 382. The van der Waals surface area contributed by atoms with E-state index < -0.39 is 29.6 Å². The number of rotatable bonds is 5. The van der Waals surface area contributed by atoms with Gasteiger partial charge in [0.2, 0.25) is 11.6 Å². The molecule has 1 rings (SSSR count). The minimum absolute atomic E-state index is 0.0388. The van der Waals surface area contributed by atoms with Crippen LogP contribution >= 0.6 is 0 Å². The number of carbonyl (C=O) groups excluding carboxylic acids is 2. The van der Waals surface area contributed by atoms with E-state index in [1.807, 2.05) is 0 Å². The molecule has 2 amide bonds. The first-order valence-electron chi connectivity index (χ1n) is 5.63. The molecule has 1 saturated heterocycles. The van der Waals surface area contributed by atoms with E-state index in [4.69, 9.17) is 9.84 Å². The van der Waals surface area contributed by atoms with E-state index in [2.05, 4.69) is 5.32 Å². The van der Waals surface area contributed by atoms with Gasteiger partial charge in [0.25, 0.3) is 5.91 Å². The van der Waals surface area contributed by atoms with E-state index >= 15 is 0 Å². The van der Waals surface area contributed by atoms with Gasteiger partial charge in [0.05, 0.1) is 6.54 Å². The van der Waals surface area contributed by atoms with E-state index in [0.717, 1.165) is 0 Å². The molecule has 0 aromatic rings. The van der Waals surface area contributed by atoms with Gasteiger partial charge in [0.15, 0.2) is 0 Å². The Hall–Kier alpha value is -1.63. The molecule has 0 spiro atoms. The summed E-state index contributed by atoms with van der Waals surface area (Å²) in [6.07, 6.45) is 0. The lowest BCUT2D eigenvalue weighted by Gasteiger charge is -2.50. The number of ether oxygens (including phenoxy) is 1. The maximum absolute atomic E-state index is 12.0. The van der Waals surface area contributed by atoms with Crippen molar-refractivity contribution >= 4 is 17.8 Å². The van der Waals surface area contributed by atoms with Gasteiger partial charge in [0, 0.05) is 14.0 Å². The number of β-lactam (4-membered cyclic amide) rings is 1. The molecule has 7 heteroatoms. The molecule has 7 nitrogen and oxygen atoms in total.